The highest BCUT2D eigenvalue weighted by molar-refractivity contribution is 5.77. The summed E-state index contributed by atoms with van der Waals surface area (Å²) in [4.78, 5) is 22.3. The molecule has 17 heavy (non-hydrogen) atoms. The predicted octanol–water partition coefficient (Wildman–Crippen LogP) is 1.90. The minimum Gasteiger partial charge on any atom is -0.332 e. The van der Waals surface area contributed by atoms with Crippen molar-refractivity contribution in [3.8, 4) is 0 Å². The monoisotopic (exact) mass is 231 g/mol. The Morgan fingerprint density at radius 1 is 1.35 bits per heavy atom. The third-order valence-corrected chi connectivity index (χ3v) is 3.87. The second-order valence-corrected chi connectivity index (χ2v) is 5.10. The molecule has 0 bridgehead atoms. The molecule has 4 heteroatoms. The third-order valence-electron chi connectivity index (χ3n) is 3.87. The quantitative estimate of drug-likeness (QED) is 0.781. The van der Waals surface area contributed by atoms with Crippen molar-refractivity contribution in [3.05, 3.63) is 23.8 Å². The first-order chi connectivity index (χ1) is 8.33. The number of carbonyl (C=O) groups excluding carboxylic acids is 1. The molecule has 0 radical (unpaired) electrons. The lowest BCUT2D eigenvalue weighted by Gasteiger charge is -2.17. The van der Waals surface area contributed by atoms with E-state index in [9.17, 15) is 4.79 Å². The van der Waals surface area contributed by atoms with E-state index >= 15 is 0 Å². The van der Waals surface area contributed by atoms with Crippen molar-refractivity contribution < 1.29 is 4.79 Å². The van der Waals surface area contributed by atoms with Crippen LogP contribution < -0.4 is 0 Å². The Kier molecular flexibility index (Phi) is 2.79. The molecule has 90 valence electrons. The van der Waals surface area contributed by atoms with E-state index in [-0.39, 0.29) is 5.91 Å². The van der Waals surface area contributed by atoms with E-state index in [4.69, 9.17) is 0 Å². The summed E-state index contributed by atoms with van der Waals surface area (Å²) in [7, 11) is 0. The Hall–Kier alpha value is -1.45. The molecule has 0 aromatic carbocycles. The predicted molar refractivity (Wildman–Crippen MR) is 62.9 cm³/mol. The van der Waals surface area contributed by atoms with E-state index in [2.05, 4.69) is 9.97 Å². The van der Waals surface area contributed by atoms with Crippen LogP contribution in [0.3, 0.4) is 0 Å². The van der Waals surface area contributed by atoms with E-state index in [1.54, 1.807) is 6.33 Å². The van der Waals surface area contributed by atoms with Gasteiger partial charge >= 0.3 is 0 Å². The van der Waals surface area contributed by atoms with Gasteiger partial charge in [0.2, 0.25) is 5.91 Å². The number of carbonyl (C=O) groups is 1. The van der Waals surface area contributed by atoms with Gasteiger partial charge in [0.25, 0.3) is 0 Å². The van der Waals surface area contributed by atoms with Crippen LogP contribution in [0, 0.1) is 5.92 Å². The number of rotatable bonds is 2. The number of aromatic nitrogens is 2. The lowest BCUT2D eigenvalue weighted by Crippen LogP contribution is -2.26. The van der Waals surface area contributed by atoms with Gasteiger partial charge < -0.3 is 4.90 Å². The molecule has 3 rings (SSSR count). The second-order valence-electron chi connectivity index (χ2n) is 5.10. The van der Waals surface area contributed by atoms with Gasteiger partial charge in [0.05, 0.1) is 12.2 Å². The molecule has 1 aromatic heterocycles. The zero-order valence-corrected chi connectivity index (χ0v) is 9.93. The van der Waals surface area contributed by atoms with Crippen molar-refractivity contribution in [1.29, 1.82) is 0 Å². The molecule has 4 nitrogen and oxygen atoms in total. The zero-order chi connectivity index (χ0) is 11.7. The van der Waals surface area contributed by atoms with Crippen molar-refractivity contribution in [2.75, 3.05) is 0 Å². The average molecular weight is 231 g/mol. The molecule has 1 aliphatic carbocycles. The molecule has 2 aliphatic rings. The highest BCUT2D eigenvalue weighted by atomic mass is 16.2. The first-order valence-electron chi connectivity index (χ1n) is 6.38. The van der Waals surface area contributed by atoms with Crippen LogP contribution in [-0.2, 0) is 17.9 Å². The van der Waals surface area contributed by atoms with Gasteiger partial charge in [-0.2, -0.15) is 0 Å². The summed E-state index contributed by atoms with van der Waals surface area (Å²) in [6, 6.07) is 0. The summed E-state index contributed by atoms with van der Waals surface area (Å²) in [6.45, 7) is 1.37. The molecule has 0 saturated heterocycles. The van der Waals surface area contributed by atoms with E-state index in [1.165, 1.54) is 25.7 Å². The molecule has 1 fully saturated rings. The Labute approximate surface area is 101 Å². The van der Waals surface area contributed by atoms with Crippen molar-refractivity contribution in [3.63, 3.8) is 0 Å². The number of fused-ring (bicyclic) bond motifs is 1. The van der Waals surface area contributed by atoms with Crippen LogP contribution in [0.4, 0.5) is 0 Å². The van der Waals surface area contributed by atoms with Crippen LogP contribution >= 0.6 is 0 Å². The van der Waals surface area contributed by atoms with Gasteiger partial charge in [-0.3, -0.25) is 4.79 Å². The standard InChI is InChI=1S/C13H17N3O/c17-13(5-10-3-1-2-4-10)16-7-11-6-14-9-15-12(11)8-16/h6,9-10H,1-5,7-8H2. The molecule has 0 N–H and O–H groups in total. The Morgan fingerprint density at radius 3 is 2.94 bits per heavy atom. The minimum absolute atomic E-state index is 0.287. The Morgan fingerprint density at radius 2 is 2.18 bits per heavy atom. The van der Waals surface area contributed by atoms with Crippen LogP contribution in [0.1, 0.15) is 43.4 Å². The minimum atomic E-state index is 0.287. The molecular weight excluding hydrogens is 214 g/mol. The first-order valence-corrected chi connectivity index (χ1v) is 6.38. The van der Waals surface area contributed by atoms with Gasteiger partial charge in [-0.1, -0.05) is 12.8 Å². The molecule has 1 saturated carbocycles. The smallest absolute Gasteiger partial charge is 0.223 e. The van der Waals surface area contributed by atoms with Gasteiger partial charge in [-0.25, -0.2) is 9.97 Å². The maximum atomic E-state index is 12.1. The van der Waals surface area contributed by atoms with Gasteiger partial charge in [-0.15, -0.1) is 0 Å². The fraction of sp³-hybridized carbons (Fsp3) is 0.615. The molecule has 2 heterocycles. The zero-order valence-electron chi connectivity index (χ0n) is 9.93. The number of hydrogen-bond acceptors (Lipinski definition) is 3. The SMILES string of the molecule is O=C(CC1CCCC1)N1Cc2cncnc2C1. The van der Waals surface area contributed by atoms with Gasteiger partial charge in [0, 0.05) is 24.7 Å². The fourth-order valence-corrected chi connectivity index (χ4v) is 2.87. The highest BCUT2D eigenvalue weighted by Gasteiger charge is 2.27. The number of nitrogens with zero attached hydrogens (tertiary/aromatic N) is 3. The van der Waals surface area contributed by atoms with Crippen LogP contribution in [0.15, 0.2) is 12.5 Å². The summed E-state index contributed by atoms with van der Waals surface area (Å²) in [5.41, 5.74) is 2.12. The largest absolute Gasteiger partial charge is 0.332 e. The Balaban J connectivity index is 1.62. The normalized spacial score (nSPS) is 19.6. The van der Waals surface area contributed by atoms with Gasteiger partial charge in [0.15, 0.2) is 0 Å². The lowest BCUT2D eigenvalue weighted by molar-refractivity contribution is -0.132. The van der Waals surface area contributed by atoms with E-state index in [0.717, 1.165) is 17.7 Å². The van der Waals surface area contributed by atoms with Crippen LogP contribution in [-0.4, -0.2) is 20.8 Å². The highest BCUT2D eigenvalue weighted by Crippen LogP contribution is 2.29. The fourth-order valence-electron chi connectivity index (χ4n) is 2.87. The maximum absolute atomic E-state index is 12.1. The topological polar surface area (TPSA) is 46.1 Å². The maximum Gasteiger partial charge on any atom is 0.223 e. The molecule has 0 spiro atoms. The summed E-state index contributed by atoms with van der Waals surface area (Å²) >= 11 is 0. The van der Waals surface area contributed by atoms with E-state index in [1.807, 2.05) is 11.1 Å². The van der Waals surface area contributed by atoms with Gasteiger partial charge in [-0.05, 0) is 18.8 Å². The molecular formula is C13H17N3O. The number of hydrogen-bond donors (Lipinski definition) is 0. The first kappa shape index (κ1) is 10.7. The lowest BCUT2D eigenvalue weighted by atomic mass is 10.0. The van der Waals surface area contributed by atoms with Crippen molar-refractivity contribution in [2.24, 2.45) is 5.92 Å². The summed E-state index contributed by atoms with van der Waals surface area (Å²) < 4.78 is 0. The number of amides is 1. The molecule has 1 amide bonds. The molecule has 1 aliphatic heterocycles. The molecule has 0 unspecified atom stereocenters. The van der Waals surface area contributed by atoms with Crippen molar-refractivity contribution in [2.45, 2.75) is 45.2 Å². The van der Waals surface area contributed by atoms with E-state index < -0.39 is 0 Å². The summed E-state index contributed by atoms with van der Waals surface area (Å²) in [5.74, 6) is 0.909. The molecule has 1 aromatic rings. The summed E-state index contributed by atoms with van der Waals surface area (Å²) in [5, 5.41) is 0. The van der Waals surface area contributed by atoms with Crippen LogP contribution in [0.25, 0.3) is 0 Å². The van der Waals surface area contributed by atoms with Gasteiger partial charge in [0.1, 0.15) is 6.33 Å². The third kappa shape index (κ3) is 2.16. The van der Waals surface area contributed by atoms with Crippen molar-refractivity contribution in [1.82, 2.24) is 14.9 Å². The molecule has 0 atom stereocenters. The Bertz CT molecular complexity index is 401. The van der Waals surface area contributed by atoms with Crippen molar-refractivity contribution >= 4 is 5.91 Å². The van der Waals surface area contributed by atoms with Crippen LogP contribution in [0.2, 0.25) is 0 Å². The summed E-state index contributed by atoms with van der Waals surface area (Å²) in [6.07, 6.45) is 9.16. The second kappa shape index (κ2) is 4.43. The average Bonchev–Trinajstić information content (AvgIpc) is 2.96. The van der Waals surface area contributed by atoms with E-state index in [0.29, 0.717) is 19.0 Å². The van der Waals surface area contributed by atoms with Crippen LogP contribution in [0.5, 0.6) is 0 Å².